The molecule has 0 saturated carbocycles. The van der Waals surface area contributed by atoms with E-state index in [1.165, 1.54) is 35.8 Å². The van der Waals surface area contributed by atoms with Crippen LogP contribution < -0.4 is 43.0 Å². The number of halogens is 2. The Kier molecular flexibility index (Phi) is 8.40. The summed E-state index contributed by atoms with van der Waals surface area (Å²) in [6.07, 6.45) is 0. The van der Waals surface area contributed by atoms with Crippen molar-refractivity contribution < 1.29 is 58.0 Å². The summed E-state index contributed by atoms with van der Waals surface area (Å²) in [7, 11) is 2.20. The Hall–Kier alpha value is 1.14. The van der Waals surface area contributed by atoms with Crippen LogP contribution in [0.5, 0.6) is 0 Å². The van der Waals surface area contributed by atoms with Crippen LogP contribution in [0.2, 0.25) is 0 Å². The van der Waals surface area contributed by atoms with Crippen LogP contribution in [-0.4, -0.2) is 131 Å². The molecule has 0 aromatic rings. The summed E-state index contributed by atoms with van der Waals surface area (Å²) in [6, 6.07) is 0. The van der Waals surface area contributed by atoms with Gasteiger partial charge in [-0.2, -0.15) is 0 Å². The zero-order valence-electron chi connectivity index (χ0n) is 15.2. The van der Waals surface area contributed by atoms with E-state index in [9.17, 15) is 10.4 Å². The van der Waals surface area contributed by atoms with Crippen LogP contribution in [0.3, 0.4) is 0 Å². The summed E-state index contributed by atoms with van der Waals surface area (Å²) in [4.78, 5) is 4.88. The fraction of sp³-hybridized carbons (Fsp3) is 1.00. The molecule has 0 radical (unpaired) electrons. The maximum atomic E-state index is 10.9. The molecule has 3 aliphatic rings. The van der Waals surface area contributed by atoms with Gasteiger partial charge in [-0.05, 0) is 0 Å². The predicted molar refractivity (Wildman–Crippen MR) is 87.1 cm³/mol. The van der Waals surface area contributed by atoms with Crippen LogP contribution in [0, 0.1) is 0 Å². The molecule has 0 spiro atoms. The van der Waals surface area contributed by atoms with Crippen molar-refractivity contribution in [3.8, 4) is 0 Å². The first-order valence-corrected chi connectivity index (χ1v) is 14.1. The zero-order chi connectivity index (χ0) is 17.7. The van der Waals surface area contributed by atoms with Crippen molar-refractivity contribution in [2.45, 2.75) is 0 Å². The molecule has 0 aromatic heterocycles. The van der Waals surface area contributed by atoms with Crippen LogP contribution in [0.25, 0.3) is 0 Å². The fourth-order valence-electron chi connectivity index (χ4n) is 3.14. The third kappa shape index (κ3) is 6.91. The molecule has 3 fully saturated rings. The van der Waals surface area contributed by atoms with Gasteiger partial charge in [-0.15, -0.1) is 0 Å². The topological polar surface area (TPSA) is 56.7 Å². The molecule has 0 bridgehead atoms. The van der Waals surface area contributed by atoms with Crippen molar-refractivity contribution >= 4 is 0 Å². The standard InChI is InChI=1S/C15H33I2N6O2/c1-18-2-6-20(7-3-18)17-15-23(25)12-10-21(11-13-23)16-14-19-4-8-22(24)9-5-19/h24-25H,2-15H2,1H3/q-1. The van der Waals surface area contributed by atoms with Gasteiger partial charge in [0.25, 0.3) is 0 Å². The van der Waals surface area contributed by atoms with Crippen molar-refractivity contribution in [3.63, 3.8) is 0 Å². The number of quaternary nitrogens is 1. The molecule has 3 heterocycles. The minimum absolute atomic E-state index is 0.0250. The van der Waals surface area contributed by atoms with E-state index in [1.54, 1.807) is 0 Å². The Labute approximate surface area is 173 Å². The van der Waals surface area contributed by atoms with Crippen LogP contribution in [0.1, 0.15) is 0 Å². The Morgan fingerprint density at radius 2 is 1.40 bits per heavy atom. The van der Waals surface area contributed by atoms with E-state index in [2.05, 4.69) is 23.1 Å². The number of hydrogen-bond acceptors (Lipinski definition) is 7. The summed E-state index contributed by atoms with van der Waals surface area (Å²) in [5.74, 6) is 0. The average molecular weight is 583 g/mol. The van der Waals surface area contributed by atoms with Gasteiger partial charge in [-0.1, -0.05) is 0 Å². The molecule has 3 saturated heterocycles. The van der Waals surface area contributed by atoms with E-state index in [-0.39, 0.29) is 43.0 Å². The van der Waals surface area contributed by atoms with Crippen molar-refractivity contribution in [1.29, 1.82) is 0 Å². The summed E-state index contributed by atoms with van der Waals surface area (Å²) >= 11 is -0.0208. The third-order valence-corrected chi connectivity index (χ3v) is 11.9. The molecule has 25 heavy (non-hydrogen) atoms. The first-order chi connectivity index (χ1) is 12.0. The van der Waals surface area contributed by atoms with Crippen molar-refractivity contribution in [2.75, 3.05) is 94.7 Å². The number of rotatable bonds is 6. The summed E-state index contributed by atoms with van der Waals surface area (Å²) in [5, 5.41) is 21.7. The first kappa shape index (κ1) is 20.9. The Morgan fingerprint density at radius 1 is 0.800 bits per heavy atom. The Bertz CT molecular complexity index is 397. The van der Waals surface area contributed by atoms with Gasteiger partial charge in [0.15, 0.2) is 0 Å². The zero-order valence-corrected chi connectivity index (χ0v) is 19.5. The van der Waals surface area contributed by atoms with Gasteiger partial charge in [0.1, 0.15) is 0 Å². The number of hydrogen-bond donors (Lipinski definition) is 2. The van der Waals surface area contributed by atoms with E-state index in [4.69, 9.17) is 0 Å². The SMILES string of the molecule is CN1CCN([I-]C[N+]2(O)CCN([I-]CN3CCN(O)CC3)CC2)CC1. The number of piperazine rings is 3. The molecule has 3 aliphatic heterocycles. The van der Waals surface area contributed by atoms with Crippen LogP contribution >= 0.6 is 0 Å². The molecule has 2 N–H and O–H groups in total. The molecular formula is C15H33I2N6O2-. The predicted octanol–water partition coefficient (Wildman–Crippen LogP) is -7.31. The normalized spacial score (nSPS) is 28.8. The fourth-order valence-corrected chi connectivity index (χ4v) is 8.59. The van der Waals surface area contributed by atoms with E-state index < -0.39 is 0 Å². The molecule has 150 valence electrons. The number of likely N-dealkylation sites (N-methyl/N-ethyl adjacent to an activating group) is 1. The maximum absolute atomic E-state index is 10.9. The molecule has 0 aromatic carbocycles. The van der Waals surface area contributed by atoms with Gasteiger partial charge >= 0.3 is 174 Å². The molecule has 10 heteroatoms. The van der Waals surface area contributed by atoms with Gasteiger partial charge in [-0.3, -0.25) is 0 Å². The molecule has 0 amide bonds. The summed E-state index contributed by atoms with van der Waals surface area (Å²) in [5.41, 5.74) is 0. The van der Waals surface area contributed by atoms with Crippen molar-refractivity contribution in [2.24, 2.45) is 0 Å². The number of hydroxylamine groups is 5. The monoisotopic (exact) mass is 583 g/mol. The molecule has 0 atom stereocenters. The molecular weight excluding hydrogens is 550 g/mol. The number of alkyl halides is 2. The third-order valence-electron chi connectivity index (χ3n) is 5.15. The average Bonchev–Trinajstić information content (AvgIpc) is 2.62. The van der Waals surface area contributed by atoms with Crippen LogP contribution in [0.15, 0.2) is 0 Å². The first-order valence-electron chi connectivity index (χ1n) is 9.15. The second-order valence-electron chi connectivity index (χ2n) is 7.22. The second kappa shape index (κ2) is 10.1. The van der Waals surface area contributed by atoms with E-state index in [0.29, 0.717) is 4.65 Å². The summed E-state index contributed by atoms with van der Waals surface area (Å²) in [6.45, 7) is 12.1. The molecule has 0 unspecified atom stereocenters. The van der Waals surface area contributed by atoms with Gasteiger partial charge < -0.3 is 0 Å². The van der Waals surface area contributed by atoms with Gasteiger partial charge in [-0.25, -0.2) is 0 Å². The van der Waals surface area contributed by atoms with Gasteiger partial charge in [0.2, 0.25) is 0 Å². The Balaban J connectivity index is 1.30. The van der Waals surface area contributed by atoms with E-state index in [1.807, 2.05) is 0 Å². The molecule has 0 aliphatic carbocycles. The van der Waals surface area contributed by atoms with Crippen LogP contribution in [0.4, 0.5) is 0 Å². The summed E-state index contributed by atoms with van der Waals surface area (Å²) < 4.78 is 7.68. The van der Waals surface area contributed by atoms with Gasteiger partial charge in [0, 0.05) is 0 Å². The van der Waals surface area contributed by atoms with Gasteiger partial charge in [0.05, 0.1) is 0 Å². The van der Waals surface area contributed by atoms with Crippen LogP contribution in [-0.2, 0) is 0 Å². The number of nitrogens with zero attached hydrogens (tertiary/aromatic N) is 6. The Morgan fingerprint density at radius 3 is 2.04 bits per heavy atom. The minimum atomic E-state index is -0.0458. The van der Waals surface area contributed by atoms with E-state index >= 15 is 0 Å². The van der Waals surface area contributed by atoms with Crippen molar-refractivity contribution in [1.82, 2.24) is 21.1 Å². The van der Waals surface area contributed by atoms with E-state index in [0.717, 1.165) is 56.9 Å². The molecule has 8 nitrogen and oxygen atoms in total. The molecule has 3 rings (SSSR count). The quantitative estimate of drug-likeness (QED) is 0.106. The second-order valence-corrected chi connectivity index (χ2v) is 12.7. The van der Waals surface area contributed by atoms with Crippen molar-refractivity contribution in [3.05, 3.63) is 0 Å².